The van der Waals surface area contributed by atoms with Crippen molar-refractivity contribution >= 4 is 16.8 Å². The van der Waals surface area contributed by atoms with Crippen molar-refractivity contribution in [2.45, 2.75) is 72.8 Å². The molecule has 1 unspecified atom stereocenters. The van der Waals surface area contributed by atoms with Crippen molar-refractivity contribution < 1.29 is 4.79 Å². The average Bonchev–Trinajstić information content (AvgIpc) is 3.11. The standard InChI is InChI=1S/C25H35N3O/c1-7-19(4)8-12-25(5,6)24(29)27-14-10-20(11-15-27)28-17-22(18(2)3)21-16-26-13-9-23(21)28/h9,13,16-20H,7,10-11,14-15H2,1-6H3. The average molecular weight is 394 g/mol. The molecule has 0 N–H and O–H groups in total. The summed E-state index contributed by atoms with van der Waals surface area (Å²) in [6.45, 7) is 14.2. The molecule has 3 heterocycles. The van der Waals surface area contributed by atoms with Gasteiger partial charge in [0.25, 0.3) is 0 Å². The van der Waals surface area contributed by atoms with Crippen LogP contribution in [0, 0.1) is 23.2 Å². The topological polar surface area (TPSA) is 38.1 Å². The highest BCUT2D eigenvalue weighted by Gasteiger charge is 2.33. The van der Waals surface area contributed by atoms with E-state index in [4.69, 9.17) is 0 Å². The monoisotopic (exact) mass is 393 g/mol. The van der Waals surface area contributed by atoms with Crippen LogP contribution in [0.5, 0.6) is 0 Å². The summed E-state index contributed by atoms with van der Waals surface area (Å²) in [7, 11) is 0. The summed E-state index contributed by atoms with van der Waals surface area (Å²) in [5.41, 5.74) is 1.99. The summed E-state index contributed by atoms with van der Waals surface area (Å²) in [6, 6.07) is 2.54. The van der Waals surface area contributed by atoms with Crippen molar-refractivity contribution in [3.8, 4) is 11.8 Å². The third kappa shape index (κ3) is 4.50. The maximum Gasteiger partial charge on any atom is 0.240 e. The fourth-order valence-corrected chi connectivity index (χ4v) is 4.09. The van der Waals surface area contributed by atoms with Gasteiger partial charge in [-0.2, -0.15) is 0 Å². The van der Waals surface area contributed by atoms with Crippen molar-refractivity contribution in [2.24, 2.45) is 11.3 Å². The van der Waals surface area contributed by atoms with E-state index in [1.165, 1.54) is 16.5 Å². The third-order valence-corrected chi connectivity index (χ3v) is 6.21. The first kappa shape index (κ1) is 21.4. The van der Waals surface area contributed by atoms with E-state index in [-0.39, 0.29) is 5.91 Å². The molecule has 29 heavy (non-hydrogen) atoms. The number of nitrogens with zero attached hydrogens (tertiary/aromatic N) is 3. The molecule has 2 aromatic heterocycles. The van der Waals surface area contributed by atoms with E-state index in [1.807, 2.05) is 31.1 Å². The number of rotatable bonds is 4. The molecule has 1 amide bonds. The van der Waals surface area contributed by atoms with Crippen molar-refractivity contribution in [1.82, 2.24) is 14.5 Å². The quantitative estimate of drug-likeness (QED) is 0.652. The van der Waals surface area contributed by atoms with E-state index in [0.29, 0.717) is 17.9 Å². The maximum atomic E-state index is 13.1. The lowest BCUT2D eigenvalue weighted by molar-refractivity contribution is -0.138. The number of amides is 1. The van der Waals surface area contributed by atoms with E-state index in [2.05, 4.69) is 61.4 Å². The Bertz CT molecular complexity index is 920. The molecule has 156 valence electrons. The zero-order valence-corrected chi connectivity index (χ0v) is 18.8. The van der Waals surface area contributed by atoms with E-state index in [9.17, 15) is 4.79 Å². The number of fused-ring (bicyclic) bond motifs is 1. The van der Waals surface area contributed by atoms with Gasteiger partial charge in [-0.05, 0) is 50.7 Å². The van der Waals surface area contributed by atoms with Gasteiger partial charge in [0.1, 0.15) is 5.41 Å². The fourth-order valence-electron chi connectivity index (χ4n) is 4.09. The Morgan fingerprint density at radius 2 is 1.97 bits per heavy atom. The molecule has 0 bridgehead atoms. The molecule has 1 saturated heterocycles. The highest BCUT2D eigenvalue weighted by molar-refractivity contribution is 5.85. The van der Waals surface area contributed by atoms with Crippen LogP contribution < -0.4 is 0 Å². The van der Waals surface area contributed by atoms with Gasteiger partial charge in [0, 0.05) is 49.0 Å². The van der Waals surface area contributed by atoms with Crippen LogP contribution in [0.25, 0.3) is 10.9 Å². The summed E-state index contributed by atoms with van der Waals surface area (Å²) < 4.78 is 2.42. The highest BCUT2D eigenvalue weighted by atomic mass is 16.2. The molecule has 1 atom stereocenters. The van der Waals surface area contributed by atoms with E-state index < -0.39 is 5.41 Å². The van der Waals surface area contributed by atoms with Crippen molar-refractivity contribution in [2.75, 3.05) is 13.1 Å². The molecule has 0 spiro atoms. The number of likely N-dealkylation sites (tertiary alicyclic amines) is 1. The molecule has 4 nitrogen and oxygen atoms in total. The fraction of sp³-hybridized carbons (Fsp3) is 0.600. The molecule has 0 saturated carbocycles. The first-order chi connectivity index (χ1) is 13.7. The zero-order valence-electron chi connectivity index (χ0n) is 18.8. The van der Waals surface area contributed by atoms with Gasteiger partial charge in [0.05, 0.1) is 5.52 Å². The molecule has 0 aliphatic carbocycles. The van der Waals surface area contributed by atoms with E-state index in [1.54, 1.807) is 0 Å². The molecule has 1 fully saturated rings. The summed E-state index contributed by atoms with van der Waals surface area (Å²) in [6.07, 6.45) is 9.13. The van der Waals surface area contributed by atoms with Gasteiger partial charge in [-0.1, -0.05) is 39.5 Å². The van der Waals surface area contributed by atoms with Gasteiger partial charge in [0.2, 0.25) is 5.91 Å². The van der Waals surface area contributed by atoms with E-state index in [0.717, 1.165) is 32.4 Å². The number of carbonyl (C=O) groups is 1. The Hall–Kier alpha value is -2.28. The van der Waals surface area contributed by atoms with Crippen molar-refractivity contribution in [1.29, 1.82) is 0 Å². The zero-order chi connectivity index (χ0) is 21.2. The number of carbonyl (C=O) groups excluding carboxylic acids is 1. The van der Waals surface area contributed by atoms with Crippen LogP contribution in [0.1, 0.15) is 78.3 Å². The number of pyridine rings is 1. The Morgan fingerprint density at radius 1 is 1.28 bits per heavy atom. The lowest BCUT2D eigenvalue weighted by Gasteiger charge is -2.36. The molecule has 4 heteroatoms. The SMILES string of the molecule is CCC(C)C#CC(C)(C)C(=O)N1CCC(n2cc(C(C)C)c3cnccc32)CC1. The number of hydrogen-bond donors (Lipinski definition) is 0. The second-order valence-electron chi connectivity index (χ2n) is 9.27. The Labute approximate surface area is 175 Å². The van der Waals surface area contributed by atoms with Crippen LogP contribution in [-0.2, 0) is 4.79 Å². The minimum absolute atomic E-state index is 0.163. The van der Waals surface area contributed by atoms with Crippen LogP contribution in [0.3, 0.4) is 0 Å². The molecule has 0 aromatic carbocycles. The van der Waals surface area contributed by atoms with Crippen LogP contribution >= 0.6 is 0 Å². The Morgan fingerprint density at radius 3 is 2.59 bits per heavy atom. The summed E-state index contributed by atoms with van der Waals surface area (Å²) in [5, 5.41) is 1.25. The number of piperidine rings is 1. The van der Waals surface area contributed by atoms with Crippen LogP contribution in [0.4, 0.5) is 0 Å². The largest absolute Gasteiger partial charge is 0.344 e. The molecular formula is C25H35N3O. The smallest absolute Gasteiger partial charge is 0.240 e. The number of hydrogen-bond acceptors (Lipinski definition) is 2. The van der Waals surface area contributed by atoms with Crippen molar-refractivity contribution in [3.05, 3.63) is 30.2 Å². The lowest BCUT2D eigenvalue weighted by Crippen LogP contribution is -2.45. The van der Waals surface area contributed by atoms with Crippen LogP contribution in [0.15, 0.2) is 24.7 Å². The van der Waals surface area contributed by atoms with Crippen LogP contribution in [0.2, 0.25) is 0 Å². The van der Waals surface area contributed by atoms with Gasteiger partial charge in [-0.3, -0.25) is 9.78 Å². The minimum atomic E-state index is -0.618. The lowest BCUT2D eigenvalue weighted by atomic mass is 9.90. The molecular weight excluding hydrogens is 358 g/mol. The van der Waals surface area contributed by atoms with Crippen LogP contribution in [-0.4, -0.2) is 33.4 Å². The summed E-state index contributed by atoms with van der Waals surface area (Å²) in [5.74, 6) is 7.45. The van der Waals surface area contributed by atoms with Crippen molar-refractivity contribution in [3.63, 3.8) is 0 Å². The minimum Gasteiger partial charge on any atom is -0.344 e. The van der Waals surface area contributed by atoms with Gasteiger partial charge in [-0.25, -0.2) is 0 Å². The normalized spacial score (nSPS) is 16.7. The van der Waals surface area contributed by atoms with Gasteiger partial charge >= 0.3 is 0 Å². The summed E-state index contributed by atoms with van der Waals surface area (Å²) >= 11 is 0. The van der Waals surface area contributed by atoms with E-state index >= 15 is 0 Å². The molecule has 1 aliphatic rings. The second-order valence-corrected chi connectivity index (χ2v) is 9.27. The number of aromatic nitrogens is 2. The first-order valence-corrected chi connectivity index (χ1v) is 11.0. The highest BCUT2D eigenvalue weighted by Crippen LogP contribution is 2.33. The first-order valence-electron chi connectivity index (χ1n) is 11.0. The van der Waals surface area contributed by atoms with Gasteiger partial charge in [-0.15, -0.1) is 0 Å². The molecule has 3 rings (SSSR count). The van der Waals surface area contributed by atoms with Gasteiger partial charge in [0.15, 0.2) is 0 Å². The Balaban J connectivity index is 1.73. The predicted octanol–water partition coefficient (Wildman–Crippen LogP) is 5.40. The predicted molar refractivity (Wildman–Crippen MR) is 120 cm³/mol. The third-order valence-electron chi connectivity index (χ3n) is 6.21. The Kier molecular flexibility index (Phi) is 6.36. The van der Waals surface area contributed by atoms with Gasteiger partial charge < -0.3 is 9.47 Å². The summed E-state index contributed by atoms with van der Waals surface area (Å²) in [4.78, 5) is 19.4. The maximum absolute atomic E-state index is 13.1. The molecule has 1 aliphatic heterocycles. The molecule has 0 radical (unpaired) electrons. The second kappa shape index (κ2) is 8.61. The molecule has 2 aromatic rings.